The van der Waals surface area contributed by atoms with Crippen LogP contribution in [0.5, 0.6) is 0 Å². The van der Waals surface area contributed by atoms with E-state index in [0.717, 1.165) is 11.6 Å². The van der Waals surface area contributed by atoms with Crippen LogP contribution in [0.25, 0.3) is 0 Å². The summed E-state index contributed by atoms with van der Waals surface area (Å²) in [6.45, 7) is 0.516. The van der Waals surface area contributed by atoms with Gasteiger partial charge in [0.15, 0.2) is 0 Å². The second kappa shape index (κ2) is 6.26. The first kappa shape index (κ1) is 14.8. The molecular weight excluding hydrogens is 271 g/mol. The van der Waals surface area contributed by atoms with Gasteiger partial charge in [0, 0.05) is 19.3 Å². The van der Waals surface area contributed by atoms with Crippen LogP contribution < -0.4 is 10.6 Å². The Kier molecular flexibility index (Phi) is 4.42. The fourth-order valence-corrected chi connectivity index (χ4v) is 2.10. The molecule has 0 radical (unpaired) electrons. The molecule has 0 aliphatic heterocycles. The van der Waals surface area contributed by atoms with Crippen LogP contribution in [0.3, 0.4) is 0 Å². The molecule has 0 aliphatic carbocycles. The molecule has 0 saturated carbocycles. The van der Waals surface area contributed by atoms with E-state index in [1.54, 1.807) is 11.9 Å². The van der Waals surface area contributed by atoms with Crippen molar-refractivity contribution in [1.29, 1.82) is 0 Å². The Morgan fingerprint density at radius 1 is 1.29 bits per heavy atom. The van der Waals surface area contributed by atoms with Crippen molar-refractivity contribution in [2.75, 3.05) is 24.8 Å². The summed E-state index contributed by atoms with van der Waals surface area (Å²) < 4.78 is 18.7. The predicted octanol–water partition coefficient (Wildman–Crippen LogP) is 2.83. The molecule has 0 unspecified atom stereocenters. The van der Waals surface area contributed by atoms with E-state index < -0.39 is 11.8 Å². The lowest BCUT2D eigenvalue weighted by molar-refractivity contribution is 0.0602. The summed E-state index contributed by atoms with van der Waals surface area (Å²) in [6, 6.07) is 12.2. The van der Waals surface area contributed by atoms with Gasteiger partial charge in [-0.25, -0.2) is 9.18 Å². The molecule has 2 aromatic rings. The Bertz CT molecular complexity index is 644. The molecule has 21 heavy (non-hydrogen) atoms. The minimum Gasteiger partial charge on any atom is -0.465 e. The molecule has 0 spiro atoms. The van der Waals surface area contributed by atoms with Gasteiger partial charge in [0.25, 0.3) is 0 Å². The second-order valence-corrected chi connectivity index (χ2v) is 4.72. The van der Waals surface area contributed by atoms with Gasteiger partial charge in [0.1, 0.15) is 5.82 Å². The summed E-state index contributed by atoms with van der Waals surface area (Å²) >= 11 is 0. The van der Waals surface area contributed by atoms with Crippen molar-refractivity contribution < 1.29 is 13.9 Å². The summed E-state index contributed by atoms with van der Waals surface area (Å²) in [5.41, 5.74) is 7.22. The molecule has 5 heteroatoms. The number of rotatable bonds is 4. The monoisotopic (exact) mass is 288 g/mol. The average molecular weight is 288 g/mol. The lowest BCUT2D eigenvalue weighted by Crippen LogP contribution is -2.19. The van der Waals surface area contributed by atoms with Crippen LogP contribution in [0.4, 0.5) is 15.8 Å². The Morgan fingerprint density at radius 3 is 2.57 bits per heavy atom. The zero-order valence-corrected chi connectivity index (χ0v) is 12.0. The van der Waals surface area contributed by atoms with Gasteiger partial charge >= 0.3 is 5.97 Å². The van der Waals surface area contributed by atoms with Gasteiger partial charge in [-0.2, -0.15) is 0 Å². The summed E-state index contributed by atoms with van der Waals surface area (Å²) in [6.07, 6.45) is 0. The lowest BCUT2D eigenvalue weighted by Gasteiger charge is -2.21. The fourth-order valence-electron chi connectivity index (χ4n) is 2.10. The quantitative estimate of drug-likeness (QED) is 0.694. The summed E-state index contributed by atoms with van der Waals surface area (Å²) in [7, 11) is 3.02. The van der Waals surface area contributed by atoms with Gasteiger partial charge in [-0.1, -0.05) is 30.3 Å². The van der Waals surface area contributed by atoms with Crippen LogP contribution in [0.15, 0.2) is 42.5 Å². The largest absolute Gasteiger partial charge is 0.465 e. The van der Waals surface area contributed by atoms with E-state index in [-0.39, 0.29) is 11.3 Å². The highest BCUT2D eigenvalue weighted by Gasteiger charge is 2.17. The number of esters is 1. The van der Waals surface area contributed by atoms with E-state index in [4.69, 9.17) is 5.73 Å². The molecule has 0 aliphatic rings. The third-order valence-corrected chi connectivity index (χ3v) is 3.20. The number of hydrogen-bond donors (Lipinski definition) is 1. The Hall–Kier alpha value is -2.56. The minimum atomic E-state index is -0.582. The van der Waals surface area contributed by atoms with Gasteiger partial charge in [-0.05, 0) is 17.7 Å². The molecule has 4 nitrogen and oxygen atoms in total. The van der Waals surface area contributed by atoms with E-state index in [1.165, 1.54) is 13.2 Å². The summed E-state index contributed by atoms with van der Waals surface area (Å²) in [5.74, 6) is -1.06. The van der Waals surface area contributed by atoms with Crippen molar-refractivity contribution >= 4 is 17.3 Å². The third kappa shape index (κ3) is 3.31. The number of benzene rings is 2. The van der Waals surface area contributed by atoms with Gasteiger partial charge in [-0.3, -0.25) is 0 Å². The maximum absolute atomic E-state index is 14.1. The number of methoxy groups -OCH3 is 1. The van der Waals surface area contributed by atoms with Crippen LogP contribution in [0, 0.1) is 5.82 Å². The molecule has 0 heterocycles. The van der Waals surface area contributed by atoms with Gasteiger partial charge in [0.05, 0.1) is 18.4 Å². The van der Waals surface area contributed by atoms with Crippen LogP contribution in [0.1, 0.15) is 15.9 Å². The number of nitrogen functional groups attached to an aromatic ring is 1. The highest BCUT2D eigenvalue weighted by atomic mass is 19.1. The Morgan fingerprint density at radius 2 is 1.95 bits per heavy atom. The fraction of sp³-hybridized carbons (Fsp3) is 0.188. The first-order valence-corrected chi connectivity index (χ1v) is 6.45. The SMILES string of the molecule is COC(=O)c1cc(N(C)Cc2ccccc2)c(F)cc1N. The van der Waals surface area contributed by atoms with Gasteiger partial charge in [-0.15, -0.1) is 0 Å². The molecule has 0 saturated heterocycles. The zero-order chi connectivity index (χ0) is 15.4. The van der Waals surface area contributed by atoms with Crippen LogP contribution in [-0.2, 0) is 11.3 Å². The van der Waals surface area contributed by atoms with Gasteiger partial charge in [0.2, 0.25) is 0 Å². The number of nitrogens with two attached hydrogens (primary N) is 1. The first-order chi connectivity index (χ1) is 10.0. The molecular formula is C16H17FN2O2. The normalized spacial score (nSPS) is 10.2. The summed E-state index contributed by atoms with van der Waals surface area (Å²) in [5, 5.41) is 0. The minimum absolute atomic E-state index is 0.0659. The molecule has 0 bridgehead atoms. The first-order valence-electron chi connectivity index (χ1n) is 6.45. The van der Waals surface area contributed by atoms with Crippen LogP contribution in [-0.4, -0.2) is 20.1 Å². The predicted molar refractivity (Wildman–Crippen MR) is 80.7 cm³/mol. The van der Waals surface area contributed by atoms with E-state index in [2.05, 4.69) is 4.74 Å². The van der Waals surface area contributed by atoms with Crippen molar-refractivity contribution in [3.63, 3.8) is 0 Å². The van der Waals surface area contributed by atoms with E-state index in [9.17, 15) is 9.18 Å². The standard InChI is InChI=1S/C16H17FN2O2/c1-19(10-11-6-4-3-5-7-11)15-8-12(16(20)21-2)14(18)9-13(15)17/h3-9H,10,18H2,1-2H3. The smallest absolute Gasteiger partial charge is 0.340 e. The van der Waals surface area contributed by atoms with Crippen molar-refractivity contribution in [3.05, 3.63) is 59.4 Å². The number of ether oxygens (including phenoxy) is 1. The Labute approximate surface area is 122 Å². The number of anilines is 2. The number of halogens is 1. The van der Waals surface area contributed by atoms with Crippen molar-refractivity contribution in [2.24, 2.45) is 0 Å². The van der Waals surface area contributed by atoms with E-state index in [0.29, 0.717) is 12.2 Å². The average Bonchev–Trinajstić information content (AvgIpc) is 2.47. The molecule has 110 valence electrons. The molecule has 2 aromatic carbocycles. The zero-order valence-electron chi connectivity index (χ0n) is 12.0. The maximum atomic E-state index is 14.1. The van der Waals surface area contributed by atoms with E-state index in [1.807, 2.05) is 30.3 Å². The Balaban J connectivity index is 2.32. The van der Waals surface area contributed by atoms with Crippen LogP contribution in [0.2, 0.25) is 0 Å². The van der Waals surface area contributed by atoms with Crippen molar-refractivity contribution in [2.45, 2.75) is 6.54 Å². The molecule has 0 amide bonds. The number of carbonyl (C=O) groups excluding carboxylic acids is 1. The molecule has 2 N–H and O–H groups in total. The number of carbonyl (C=O) groups is 1. The van der Waals surface area contributed by atoms with Gasteiger partial charge < -0.3 is 15.4 Å². The van der Waals surface area contributed by atoms with Crippen molar-refractivity contribution in [1.82, 2.24) is 0 Å². The third-order valence-electron chi connectivity index (χ3n) is 3.20. The molecule has 0 aromatic heterocycles. The highest BCUT2D eigenvalue weighted by molar-refractivity contribution is 5.96. The maximum Gasteiger partial charge on any atom is 0.340 e. The lowest BCUT2D eigenvalue weighted by atomic mass is 10.1. The van der Waals surface area contributed by atoms with Crippen molar-refractivity contribution in [3.8, 4) is 0 Å². The summed E-state index contributed by atoms with van der Waals surface area (Å²) in [4.78, 5) is 13.4. The molecule has 2 rings (SSSR count). The topological polar surface area (TPSA) is 55.6 Å². The number of hydrogen-bond acceptors (Lipinski definition) is 4. The number of nitrogens with zero attached hydrogens (tertiary/aromatic N) is 1. The highest BCUT2D eigenvalue weighted by Crippen LogP contribution is 2.26. The van der Waals surface area contributed by atoms with Crippen LogP contribution >= 0.6 is 0 Å². The molecule has 0 atom stereocenters. The van der Waals surface area contributed by atoms with E-state index >= 15 is 0 Å². The second-order valence-electron chi connectivity index (χ2n) is 4.72. The molecule has 0 fully saturated rings.